The van der Waals surface area contributed by atoms with Gasteiger partial charge in [0.15, 0.2) is 6.10 Å². The molecule has 1 saturated carbocycles. The van der Waals surface area contributed by atoms with Crippen LogP contribution in [0.5, 0.6) is 0 Å². The lowest BCUT2D eigenvalue weighted by molar-refractivity contribution is -0.220. The highest BCUT2D eigenvalue weighted by molar-refractivity contribution is 7.47. The van der Waals surface area contributed by atoms with E-state index in [-0.39, 0.29) is 12.8 Å². The van der Waals surface area contributed by atoms with Gasteiger partial charge in [-0.25, -0.2) is 4.57 Å². The average molecular weight is 755 g/mol. The van der Waals surface area contributed by atoms with Crippen molar-refractivity contribution in [2.45, 2.75) is 211 Å². The topological polar surface area (TPSA) is 210 Å². The first-order chi connectivity index (χ1) is 24.4. The lowest BCUT2D eigenvalue weighted by Gasteiger charge is -2.41. The molecule has 6 N–H and O–H groups in total. The normalized spacial score (nSPS) is 23.8. The van der Waals surface area contributed by atoms with Crippen molar-refractivity contribution < 1.29 is 63.1 Å². The summed E-state index contributed by atoms with van der Waals surface area (Å²) in [7, 11) is -5.09. The predicted molar refractivity (Wildman–Crippen MR) is 194 cm³/mol. The van der Waals surface area contributed by atoms with Gasteiger partial charge in [0, 0.05) is 12.8 Å². The van der Waals surface area contributed by atoms with Crippen molar-refractivity contribution in [2.24, 2.45) is 0 Å². The summed E-state index contributed by atoms with van der Waals surface area (Å²) in [4.78, 5) is 35.3. The molecule has 1 aliphatic carbocycles. The molecule has 1 aliphatic rings. The maximum Gasteiger partial charge on any atom is 0.472 e. The fraction of sp³-hybridized carbons (Fsp3) is 0.946. The molecule has 0 spiro atoms. The molecule has 0 saturated heterocycles. The molecule has 0 aliphatic heterocycles. The van der Waals surface area contributed by atoms with E-state index in [1.54, 1.807) is 0 Å². The van der Waals surface area contributed by atoms with Crippen LogP contribution in [0.1, 0.15) is 168 Å². The minimum Gasteiger partial charge on any atom is -0.462 e. The number of ether oxygens (including phenoxy) is 2. The van der Waals surface area contributed by atoms with Crippen molar-refractivity contribution in [2.75, 3.05) is 13.2 Å². The van der Waals surface area contributed by atoms with Crippen LogP contribution in [0, 0.1) is 0 Å². The van der Waals surface area contributed by atoms with E-state index < -0.39 is 75.7 Å². The minimum atomic E-state index is -5.09. The molecule has 0 aromatic rings. The van der Waals surface area contributed by atoms with Crippen molar-refractivity contribution >= 4 is 19.8 Å². The fourth-order valence-corrected chi connectivity index (χ4v) is 7.14. The number of aliphatic hydroxyl groups excluding tert-OH is 5. The van der Waals surface area contributed by atoms with E-state index in [1.165, 1.54) is 77.0 Å². The molecular weight excluding hydrogens is 683 g/mol. The number of aliphatic hydroxyl groups is 5. The largest absolute Gasteiger partial charge is 0.472 e. The number of carbonyl (C=O) groups excluding carboxylic acids is 2. The number of hydrogen-bond acceptors (Lipinski definition) is 12. The van der Waals surface area contributed by atoms with Crippen LogP contribution in [-0.2, 0) is 32.7 Å². The minimum absolute atomic E-state index is 0.104. The predicted octanol–water partition coefficient (Wildman–Crippen LogP) is 6.16. The molecule has 14 heteroatoms. The number of esters is 2. The van der Waals surface area contributed by atoms with Gasteiger partial charge in [0.25, 0.3) is 0 Å². The average Bonchev–Trinajstić information content (AvgIpc) is 3.10. The molecule has 1 rings (SSSR count). The summed E-state index contributed by atoms with van der Waals surface area (Å²) in [5, 5.41) is 49.8. The molecule has 302 valence electrons. The molecule has 0 bridgehead atoms. The zero-order chi connectivity index (χ0) is 37.9. The summed E-state index contributed by atoms with van der Waals surface area (Å²) in [6, 6.07) is 0. The smallest absolute Gasteiger partial charge is 0.462 e. The number of hydrogen-bond donors (Lipinski definition) is 6. The summed E-state index contributed by atoms with van der Waals surface area (Å²) >= 11 is 0. The van der Waals surface area contributed by atoms with E-state index in [4.69, 9.17) is 18.5 Å². The number of rotatable bonds is 32. The molecule has 0 amide bonds. The number of phosphoric acid groups is 1. The molecule has 0 aromatic carbocycles. The third-order valence-electron chi connectivity index (χ3n) is 9.45. The lowest BCUT2D eigenvalue weighted by Crippen LogP contribution is -2.64. The first kappa shape index (κ1) is 47.9. The van der Waals surface area contributed by atoms with Gasteiger partial charge in [0.05, 0.1) is 6.61 Å². The van der Waals surface area contributed by atoms with E-state index in [1.807, 2.05) is 0 Å². The summed E-state index contributed by atoms with van der Waals surface area (Å²) < 4.78 is 33.2. The van der Waals surface area contributed by atoms with Crippen molar-refractivity contribution in [3.8, 4) is 0 Å². The second-order valence-electron chi connectivity index (χ2n) is 14.2. The van der Waals surface area contributed by atoms with Gasteiger partial charge < -0.3 is 39.9 Å². The summed E-state index contributed by atoms with van der Waals surface area (Å²) in [6.07, 6.45) is 12.2. The maximum absolute atomic E-state index is 12.7. The Hall–Kier alpha value is -1.15. The van der Waals surface area contributed by atoms with Gasteiger partial charge in [0.2, 0.25) is 0 Å². The number of carbonyl (C=O) groups is 2. The highest BCUT2D eigenvalue weighted by Crippen LogP contribution is 2.47. The van der Waals surface area contributed by atoms with E-state index in [0.29, 0.717) is 12.8 Å². The summed E-state index contributed by atoms with van der Waals surface area (Å²) in [6.45, 7) is 3.20. The molecule has 6 unspecified atom stereocenters. The quantitative estimate of drug-likeness (QED) is 0.0258. The number of unbranched alkanes of at least 4 members (excludes halogenated alkanes) is 20. The van der Waals surface area contributed by atoms with Crippen molar-refractivity contribution in [3.05, 3.63) is 0 Å². The van der Waals surface area contributed by atoms with Crippen LogP contribution in [0.3, 0.4) is 0 Å². The maximum atomic E-state index is 12.7. The Labute approximate surface area is 306 Å². The van der Waals surface area contributed by atoms with Gasteiger partial charge in [-0.15, -0.1) is 0 Å². The van der Waals surface area contributed by atoms with Crippen LogP contribution in [0.15, 0.2) is 0 Å². The van der Waals surface area contributed by atoms with E-state index in [9.17, 15) is 44.6 Å². The van der Waals surface area contributed by atoms with Crippen molar-refractivity contribution in [3.63, 3.8) is 0 Å². The SMILES string of the molecule is CCCCCCCCCCCCCCCCCCC(=O)OC(COC(=O)CCCCCCCC)COP(=O)(O)OC1C(O)C(O)C(O)C(O)C1O. The molecule has 51 heavy (non-hydrogen) atoms. The monoisotopic (exact) mass is 754 g/mol. The standard InChI is InChI=1S/C37H71O13P/c1-3-5-7-9-11-12-13-14-15-16-17-18-19-20-22-24-26-31(39)49-29(27-47-30(38)25-23-21-10-8-6-4-2)28-48-51(45,46)50-37-35(43)33(41)32(40)34(42)36(37)44/h29,32-37,40-44H,3-28H2,1-2H3,(H,45,46). The Morgan fingerprint density at radius 2 is 0.882 bits per heavy atom. The third-order valence-corrected chi connectivity index (χ3v) is 10.4. The van der Waals surface area contributed by atoms with Gasteiger partial charge in [-0.05, 0) is 12.8 Å². The van der Waals surface area contributed by atoms with E-state index in [2.05, 4.69) is 13.8 Å². The van der Waals surface area contributed by atoms with Crippen LogP contribution >= 0.6 is 7.82 Å². The Morgan fingerprint density at radius 1 is 0.529 bits per heavy atom. The van der Waals surface area contributed by atoms with Gasteiger partial charge >= 0.3 is 19.8 Å². The van der Waals surface area contributed by atoms with Gasteiger partial charge in [-0.2, -0.15) is 0 Å². The summed E-state index contributed by atoms with van der Waals surface area (Å²) in [5.41, 5.74) is 0. The van der Waals surface area contributed by atoms with E-state index >= 15 is 0 Å². The van der Waals surface area contributed by atoms with Crippen LogP contribution in [0.4, 0.5) is 0 Å². The molecular formula is C37H71O13P. The van der Waals surface area contributed by atoms with Gasteiger partial charge in [-0.1, -0.05) is 142 Å². The Morgan fingerprint density at radius 3 is 1.29 bits per heavy atom. The fourth-order valence-electron chi connectivity index (χ4n) is 6.17. The Bertz CT molecular complexity index is 922. The van der Waals surface area contributed by atoms with Crippen LogP contribution in [0.25, 0.3) is 0 Å². The Balaban J connectivity index is 2.46. The zero-order valence-electron chi connectivity index (χ0n) is 31.4. The number of phosphoric ester groups is 1. The zero-order valence-corrected chi connectivity index (χ0v) is 32.3. The van der Waals surface area contributed by atoms with Crippen molar-refractivity contribution in [1.82, 2.24) is 0 Å². The third kappa shape index (κ3) is 22.6. The first-order valence-electron chi connectivity index (χ1n) is 19.8. The van der Waals surface area contributed by atoms with Gasteiger partial charge in [-0.3, -0.25) is 18.6 Å². The first-order valence-corrected chi connectivity index (χ1v) is 21.3. The van der Waals surface area contributed by atoms with Crippen molar-refractivity contribution in [1.29, 1.82) is 0 Å². The molecule has 0 radical (unpaired) electrons. The van der Waals surface area contributed by atoms with Crippen LogP contribution in [-0.4, -0.2) is 98.3 Å². The second-order valence-corrected chi connectivity index (χ2v) is 15.6. The lowest BCUT2D eigenvalue weighted by atomic mass is 9.85. The molecule has 0 heterocycles. The van der Waals surface area contributed by atoms with Crippen LogP contribution in [0.2, 0.25) is 0 Å². The second kappa shape index (κ2) is 29.2. The van der Waals surface area contributed by atoms with E-state index in [0.717, 1.165) is 51.4 Å². The van der Waals surface area contributed by atoms with Crippen LogP contribution < -0.4 is 0 Å². The van der Waals surface area contributed by atoms with Gasteiger partial charge in [0.1, 0.15) is 43.2 Å². The molecule has 0 aromatic heterocycles. The molecule has 1 fully saturated rings. The molecule has 6 atom stereocenters. The highest BCUT2D eigenvalue weighted by Gasteiger charge is 2.51. The molecule has 13 nitrogen and oxygen atoms in total. The highest BCUT2D eigenvalue weighted by atomic mass is 31.2. The Kier molecular flexibility index (Phi) is 27.4. The summed E-state index contributed by atoms with van der Waals surface area (Å²) in [5.74, 6) is -1.10.